The zero-order chi connectivity index (χ0) is 13.8. The lowest BCUT2D eigenvalue weighted by atomic mass is 10.1. The van der Waals surface area contributed by atoms with E-state index in [0.29, 0.717) is 0 Å². The van der Waals surface area contributed by atoms with Crippen LogP contribution in [-0.2, 0) is 0 Å². The molecule has 0 bridgehead atoms. The molecular formula is C15H23BrO2. The Morgan fingerprint density at radius 3 is 2.06 bits per heavy atom. The van der Waals surface area contributed by atoms with Gasteiger partial charge in [-0.3, -0.25) is 0 Å². The van der Waals surface area contributed by atoms with E-state index in [1.54, 1.807) is 14.2 Å². The van der Waals surface area contributed by atoms with Gasteiger partial charge in [-0.05, 0) is 30.5 Å². The SMILES string of the molecule is CC.COc1cc(/C=C/CCCBr)cc(OC)c1. The van der Waals surface area contributed by atoms with Crippen LogP contribution in [0.15, 0.2) is 24.3 Å². The molecule has 1 aromatic rings. The molecule has 2 nitrogen and oxygen atoms in total. The molecular weight excluding hydrogens is 292 g/mol. The minimum Gasteiger partial charge on any atom is -0.497 e. The summed E-state index contributed by atoms with van der Waals surface area (Å²) < 4.78 is 10.4. The highest BCUT2D eigenvalue weighted by Gasteiger charge is 1.98. The molecule has 0 amide bonds. The highest BCUT2D eigenvalue weighted by molar-refractivity contribution is 9.09. The maximum atomic E-state index is 5.20. The molecule has 0 radical (unpaired) electrons. The smallest absolute Gasteiger partial charge is 0.123 e. The third-order valence-electron chi connectivity index (χ3n) is 2.19. The van der Waals surface area contributed by atoms with Crippen molar-refractivity contribution in [3.63, 3.8) is 0 Å². The summed E-state index contributed by atoms with van der Waals surface area (Å²) in [5.41, 5.74) is 1.10. The maximum absolute atomic E-state index is 5.20. The first-order chi connectivity index (χ1) is 8.80. The second-order valence-corrected chi connectivity index (χ2v) is 4.17. The fourth-order valence-corrected chi connectivity index (χ4v) is 1.66. The monoisotopic (exact) mass is 314 g/mol. The van der Waals surface area contributed by atoms with Gasteiger partial charge in [0.2, 0.25) is 0 Å². The van der Waals surface area contributed by atoms with Crippen LogP contribution in [0.2, 0.25) is 0 Å². The van der Waals surface area contributed by atoms with Crippen molar-refractivity contribution in [1.82, 2.24) is 0 Å². The quantitative estimate of drug-likeness (QED) is 0.548. The van der Waals surface area contributed by atoms with Crippen molar-refractivity contribution in [2.45, 2.75) is 26.7 Å². The first-order valence-corrected chi connectivity index (χ1v) is 7.38. The standard InChI is InChI=1S/C13H17BrO2.C2H6/c1-15-12-8-11(6-4-3-5-7-14)9-13(10-12)16-2;1-2/h4,6,8-10H,3,5,7H2,1-2H3;1-2H3/b6-4+;. The lowest BCUT2D eigenvalue weighted by Crippen LogP contribution is -1.88. The molecule has 0 saturated heterocycles. The van der Waals surface area contributed by atoms with Crippen LogP contribution in [0.3, 0.4) is 0 Å². The Labute approximate surface area is 119 Å². The maximum Gasteiger partial charge on any atom is 0.123 e. The van der Waals surface area contributed by atoms with Crippen molar-refractivity contribution in [3.8, 4) is 11.5 Å². The average molecular weight is 315 g/mol. The molecule has 102 valence electrons. The van der Waals surface area contributed by atoms with Crippen LogP contribution in [0.5, 0.6) is 11.5 Å². The lowest BCUT2D eigenvalue weighted by Gasteiger charge is -2.05. The predicted molar refractivity (Wildman–Crippen MR) is 83.0 cm³/mol. The van der Waals surface area contributed by atoms with Crippen molar-refractivity contribution in [1.29, 1.82) is 0 Å². The highest BCUT2D eigenvalue weighted by Crippen LogP contribution is 2.23. The number of ether oxygens (including phenoxy) is 2. The highest BCUT2D eigenvalue weighted by atomic mass is 79.9. The van der Waals surface area contributed by atoms with Gasteiger partial charge in [-0.15, -0.1) is 0 Å². The predicted octanol–water partition coefficient (Wildman–Crippen LogP) is 4.92. The zero-order valence-corrected chi connectivity index (χ0v) is 13.3. The number of hydrogen-bond donors (Lipinski definition) is 0. The third-order valence-corrected chi connectivity index (χ3v) is 2.75. The summed E-state index contributed by atoms with van der Waals surface area (Å²) in [6.45, 7) is 4.00. The summed E-state index contributed by atoms with van der Waals surface area (Å²) in [5.74, 6) is 1.64. The van der Waals surface area contributed by atoms with E-state index in [4.69, 9.17) is 9.47 Å². The molecule has 1 aromatic carbocycles. The Morgan fingerprint density at radius 1 is 1.06 bits per heavy atom. The van der Waals surface area contributed by atoms with E-state index in [0.717, 1.165) is 35.2 Å². The summed E-state index contributed by atoms with van der Waals surface area (Å²) in [7, 11) is 3.32. The molecule has 0 fully saturated rings. The fourth-order valence-electron chi connectivity index (χ4n) is 1.34. The molecule has 0 N–H and O–H groups in total. The molecule has 0 aliphatic heterocycles. The van der Waals surface area contributed by atoms with Crippen LogP contribution in [0.25, 0.3) is 6.08 Å². The van der Waals surface area contributed by atoms with Crippen LogP contribution in [0.1, 0.15) is 32.3 Å². The Bertz CT molecular complexity index is 326. The van der Waals surface area contributed by atoms with E-state index in [1.807, 2.05) is 32.0 Å². The van der Waals surface area contributed by atoms with Gasteiger partial charge in [0.15, 0.2) is 0 Å². The van der Waals surface area contributed by atoms with Gasteiger partial charge < -0.3 is 9.47 Å². The topological polar surface area (TPSA) is 18.5 Å². The van der Waals surface area contributed by atoms with Gasteiger partial charge in [0.25, 0.3) is 0 Å². The van der Waals surface area contributed by atoms with Crippen LogP contribution in [0, 0.1) is 0 Å². The summed E-state index contributed by atoms with van der Waals surface area (Å²) in [4.78, 5) is 0. The van der Waals surface area contributed by atoms with E-state index in [-0.39, 0.29) is 0 Å². The van der Waals surface area contributed by atoms with Gasteiger partial charge in [0.05, 0.1) is 14.2 Å². The van der Waals surface area contributed by atoms with Crippen LogP contribution < -0.4 is 9.47 Å². The normalized spacial score (nSPS) is 9.83. The van der Waals surface area contributed by atoms with E-state index < -0.39 is 0 Å². The van der Waals surface area contributed by atoms with E-state index >= 15 is 0 Å². The molecule has 1 rings (SSSR count). The van der Waals surface area contributed by atoms with Crippen LogP contribution >= 0.6 is 15.9 Å². The Balaban J connectivity index is 0.00000137. The molecule has 0 heterocycles. The molecule has 0 saturated carbocycles. The van der Waals surface area contributed by atoms with Gasteiger partial charge in [0, 0.05) is 11.4 Å². The van der Waals surface area contributed by atoms with Crippen molar-refractivity contribution in [3.05, 3.63) is 29.8 Å². The third kappa shape index (κ3) is 6.70. The summed E-state index contributed by atoms with van der Waals surface area (Å²) in [5, 5.41) is 1.04. The van der Waals surface area contributed by atoms with Crippen molar-refractivity contribution in [2.24, 2.45) is 0 Å². The number of rotatable bonds is 6. The first-order valence-electron chi connectivity index (χ1n) is 6.25. The second kappa shape index (κ2) is 11.1. The molecule has 3 heteroatoms. The molecule has 0 aliphatic rings. The van der Waals surface area contributed by atoms with Crippen LogP contribution in [-0.4, -0.2) is 19.5 Å². The zero-order valence-electron chi connectivity index (χ0n) is 11.7. The fraction of sp³-hybridized carbons (Fsp3) is 0.467. The molecule has 0 unspecified atom stereocenters. The number of hydrogen-bond acceptors (Lipinski definition) is 2. The largest absolute Gasteiger partial charge is 0.497 e. The Hall–Kier alpha value is -0.960. The number of methoxy groups -OCH3 is 2. The lowest BCUT2D eigenvalue weighted by molar-refractivity contribution is 0.394. The van der Waals surface area contributed by atoms with Crippen molar-refractivity contribution in [2.75, 3.05) is 19.5 Å². The molecule has 18 heavy (non-hydrogen) atoms. The summed E-state index contributed by atoms with van der Waals surface area (Å²) >= 11 is 3.41. The minimum absolute atomic E-state index is 0.819. The van der Waals surface area contributed by atoms with Crippen molar-refractivity contribution >= 4 is 22.0 Å². The van der Waals surface area contributed by atoms with Gasteiger partial charge in [-0.25, -0.2) is 0 Å². The Kier molecular flexibility index (Phi) is 10.6. The van der Waals surface area contributed by atoms with Gasteiger partial charge in [0.1, 0.15) is 11.5 Å². The van der Waals surface area contributed by atoms with Gasteiger partial charge in [-0.2, -0.15) is 0 Å². The number of benzene rings is 1. The van der Waals surface area contributed by atoms with Gasteiger partial charge in [-0.1, -0.05) is 41.9 Å². The number of unbranched alkanes of at least 4 members (excludes halogenated alkanes) is 1. The van der Waals surface area contributed by atoms with Crippen molar-refractivity contribution < 1.29 is 9.47 Å². The van der Waals surface area contributed by atoms with E-state index in [1.165, 1.54) is 0 Å². The average Bonchev–Trinajstić information content (AvgIpc) is 2.45. The van der Waals surface area contributed by atoms with E-state index in [2.05, 4.69) is 28.1 Å². The minimum atomic E-state index is 0.819. The van der Waals surface area contributed by atoms with Crippen LogP contribution in [0.4, 0.5) is 0 Å². The van der Waals surface area contributed by atoms with E-state index in [9.17, 15) is 0 Å². The molecule has 0 aliphatic carbocycles. The number of allylic oxidation sites excluding steroid dienone is 1. The molecule has 0 atom stereocenters. The Morgan fingerprint density at radius 2 is 1.61 bits per heavy atom. The molecule has 0 spiro atoms. The first kappa shape index (κ1) is 17.0. The van der Waals surface area contributed by atoms with Gasteiger partial charge >= 0.3 is 0 Å². The second-order valence-electron chi connectivity index (χ2n) is 3.38. The number of alkyl halides is 1. The number of halogens is 1. The molecule has 0 aromatic heterocycles. The summed E-state index contributed by atoms with van der Waals surface area (Å²) in [6, 6.07) is 5.86. The summed E-state index contributed by atoms with van der Waals surface area (Å²) in [6.07, 6.45) is 6.48.